The fourth-order valence-electron chi connectivity index (χ4n) is 0.517. The van der Waals surface area contributed by atoms with Gasteiger partial charge in [0.1, 0.15) is 6.23 Å². The standard InChI is InChI=1S/C4H8O3Si/c1-8(2)3-6-4(5)7-8/h3H2,1-2H3. The molecule has 0 bridgehead atoms. The molecular formula is C4H8O3Si. The molecule has 0 atom stereocenters. The van der Waals surface area contributed by atoms with Gasteiger partial charge in [0.05, 0.1) is 0 Å². The third-order valence-corrected chi connectivity index (χ3v) is 2.46. The summed E-state index contributed by atoms with van der Waals surface area (Å²) in [6.07, 6.45) is 0.00733. The van der Waals surface area contributed by atoms with E-state index in [0.717, 1.165) is 0 Å². The first-order chi connectivity index (χ1) is 3.60. The molecule has 0 saturated carbocycles. The SMILES string of the molecule is C[Si]1(C)COC(=O)O1. The van der Waals surface area contributed by atoms with Gasteiger partial charge in [0, 0.05) is 0 Å². The molecule has 3 nitrogen and oxygen atoms in total. The maximum absolute atomic E-state index is 10.2. The van der Waals surface area contributed by atoms with Crippen molar-refractivity contribution in [3.63, 3.8) is 0 Å². The van der Waals surface area contributed by atoms with E-state index in [0.29, 0.717) is 6.23 Å². The molecule has 0 aromatic carbocycles. The molecule has 0 spiro atoms. The average molecular weight is 132 g/mol. The lowest BCUT2D eigenvalue weighted by Gasteiger charge is -2.05. The molecule has 46 valence electrons. The Kier molecular flexibility index (Phi) is 1.04. The summed E-state index contributed by atoms with van der Waals surface area (Å²) in [6.45, 7) is 3.88. The van der Waals surface area contributed by atoms with Crippen molar-refractivity contribution >= 4 is 14.5 Å². The number of carbonyl (C=O) groups excluding carboxylic acids is 1. The molecule has 0 amide bonds. The normalized spacial score (nSPS) is 24.5. The van der Waals surface area contributed by atoms with Gasteiger partial charge in [-0.25, -0.2) is 4.79 Å². The van der Waals surface area contributed by atoms with Gasteiger partial charge in [-0.05, 0) is 13.1 Å². The molecule has 0 aliphatic carbocycles. The summed E-state index contributed by atoms with van der Waals surface area (Å²) in [6, 6.07) is 0. The molecule has 0 aromatic heterocycles. The fraction of sp³-hybridized carbons (Fsp3) is 0.750. The molecule has 0 unspecified atom stereocenters. The van der Waals surface area contributed by atoms with Crippen LogP contribution in [0.1, 0.15) is 0 Å². The van der Waals surface area contributed by atoms with Crippen molar-refractivity contribution in [3.8, 4) is 0 Å². The first kappa shape index (κ1) is 5.62. The van der Waals surface area contributed by atoms with E-state index < -0.39 is 14.5 Å². The summed E-state index contributed by atoms with van der Waals surface area (Å²) in [4.78, 5) is 10.2. The van der Waals surface area contributed by atoms with E-state index in [1.54, 1.807) is 0 Å². The molecule has 0 N–H and O–H groups in total. The van der Waals surface area contributed by atoms with Crippen LogP contribution in [-0.4, -0.2) is 20.7 Å². The van der Waals surface area contributed by atoms with Gasteiger partial charge >= 0.3 is 6.16 Å². The second-order valence-electron chi connectivity index (χ2n) is 2.40. The zero-order valence-electron chi connectivity index (χ0n) is 4.93. The molecule has 1 fully saturated rings. The lowest BCUT2D eigenvalue weighted by molar-refractivity contribution is 0.140. The topological polar surface area (TPSA) is 35.5 Å². The van der Waals surface area contributed by atoms with Gasteiger partial charge in [-0.1, -0.05) is 0 Å². The molecule has 1 aliphatic heterocycles. The summed E-state index contributed by atoms with van der Waals surface area (Å²) < 4.78 is 9.40. The fourth-order valence-corrected chi connectivity index (χ4v) is 1.55. The van der Waals surface area contributed by atoms with E-state index >= 15 is 0 Å². The van der Waals surface area contributed by atoms with Crippen LogP contribution in [0, 0.1) is 0 Å². The van der Waals surface area contributed by atoms with E-state index in [2.05, 4.69) is 4.74 Å². The minimum Gasteiger partial charge on any atom is -0.486 e. The molecule has 1 aliphatic rings. The Hall–Kier alpha value is -0.513. The molecule has 0 radical (unpaired) electrons. The summed E-state index contributed by atoms with van der Waals surface area (Å²) in [5, 5.41) is 0. The van der Waals surface area contributed by atoms with Crippen LogP contribution in [0.5, 0.6) is 0 Å². The van der Waals surface area contributed by atoms with Crippen LogP contribution in [-0.2, 0) is 9.16 Å². The molecule has 1 heterocycles. The molecule has 0 aromatic rings. The zero-order chi connectivity index (χ0) is 6.20. The molecular weight excluding hydrogens is 124 g/mol. The Labute approximate surface area is 48.7 Å². The van der Waals surface area contributed by atoms with E-state index in [1.165, 1.54) is 0 Å². The van der Waals surface area contributed by atoms with Crippen LogP contribution in [0.25, 0.3) is 0 Å². The number of rotatable bonds is 0. The first-order valence-corrected chi connectivity index (χ1v) is 5.57. The second kappa shape index (κ2) is 1.48. The summed E-state index contributed by atoms with van der Waals surface area (Å²) in [5.41, 5.74) is 0. The van der Waals surface area contributed by atoms with Crippen LogP contribution in [0.15, 0.2) is 0 Å². The third-order valence-electron chi connectivity index (χ3n) is 0.897. The highest BCUT2D eigenvalue weighted by Gasteiger charge is 2.36. The van der Waals surface area contributed by atoms with Crippen LogP contribution >= 0.6 is 0 Å². The second-order valence-corrected chi connectivity index (χ2v) is 6.41. The molecule has 8 heavy (non-hydrogen) atoms. The van der Waals surface area contributed by atoms with Crippen molar-refractivity contribution in [1.82, 2.24) is 0 Å². The first-order valence-electron chi connectivity index (χ1n) is 2.46. The monoisotopic (exact) mass is 132 g/mol. The van der Waals surface area contributed by atoms with Crippen molar-refractivity contribution < 1.29 is 14.0 Å². The van der Waals surface area contributed by atoms with Crippen molar-refractivity contribution in [2.75, 3.05) is 6.23 Å². The maximum atomic E-state index is 10.2. The van der Waals surface area contributed by atoms with Crippen LogP contribution in [0.2, 0.25) is 13.1 Å². The van der Waals surface area contributed by atoms with Crippen LogP contribution < -0.4 is 0 Å². The van der Waals surface area contributed by atoms with Crippen LogP contribution in [0.4, 0.5) is 4.79 Å². The Morgan fingerprint density at radius 1 is 1.62 bits per heavy atom. The third kappa shape index (κ3) is 1.00. The minimum atomic E-state index is -1.67. The summed E-state index contributed by atoms with van der Waals surface area (Å²) >= 11 is 0. The Morgan fingerprint density at radius 2 is 2.25 bits per heavy atom. The number of hydrogen-bond donors (Lipinski definition) is 0. The molecule has 1 rings (SSSR count). The van der Waals surface area contributed by atoms with Gasteiger partial charge in [-0.3, -0.25) is 0 Å². The number of cyclic esters (lactones) is 1. The number of hydrogen-bond acceptors (Lipinski definition) is 3. The van der Waals surface area contributed by atoms with Crippen molar-refractivity contribution in [1.29, 1.82) is 0 Å². The highest BCUT2D eigenvalue weighted by atomic mass is 28.4. The predicted molar refractivity (Wildman–Crippen MR) is 29.9 cm³/mol. The van der Waals surface area contributed by atoms with Gasteiger partial charge in [-0.2, -0.15) is 0 Å². The Balaban J connectivity index is 2.56. The quantitative estimate of drug-likeness (QED) is 0.363. The predicted octanol–water partition coefficient (Wildman–Crippen LogP) is 0.897. The molecule has 4 heteroatoms. The van der Waals surface area contributed by atoms with Gasteiger partial charge in [0.25, 0.3) is 8.32 Å². The average Bonchev–Trinajstić information content (AvgIpc) is 1.82. The van der Waals surface area contributed by atoms with Crippen molar-refractivity contribution in [3.05, 3.63) is 0 Å². The lowest BCUT2D eigenvalue weighted by atomic mass is 11.4. The number of carbonyl (C=O) groups is 1. The van der Waals surface area contributed by atoms with Crippen molar-refractivity contribution in [2.45, 2.75) is 13.1 Å². The number of ether oxygens (including phenoxy) is 1. The summed E-state index contributed by atoms with van der Waals surface area (Å²) in [7, 11) is -1.67. The van der Waals surface area contributed by atoms with Gasteiger partial charge in [0.15, 0.2) is 0 Å². The van der Waals surface area contributed by atoms with E-state index in [-0.39, 0.29) is 0 Å². The highest BCUT2D eigenvalue weighted by molar-refractivity contribution is 6.73. The smallest absolute Gasteiger partial charge is 0.486 e. The Morgan fingerprint density at radius 3 is 2.38 bits per heavy atom. The van der Waals surface area contributed by atoms with Crippen LogP contribution in [0.3, 0.4) is 0 Å². The van der Waals surface area contributed by atoms with E-state index in [1.807, 2.05) is 13.1 Å². The molecule has 1 saturated heterocycles. The Bertz CT molecular complexity index is 120. The summed E-state index contributed by atoms with van der Waals surface area (Å²) in [5.74, 6) is 0. The largest absolute Gasteiger partial charge is 0.494 e. The highest BCUT2D eigenvalue weighted by Crippen LogP contribution is 2.12. The van der Waals surface area contributed by atoms with E-state index in [4.69, 9.17) is 4.43 Å². The minimum absolute atomic E-state index is 0.498. The maximum Gasteiger partial charge on any atom is 0.494 e. The van der Waals surface area contributed by atoms with Gasteiger partial charge < -0.3 is 9.16 Å². The van der Waals surface area contributed by atoms with Gasteiger partial charge in [0.2, 0.25) is 0 Å². The van der Waals surface area contributed by atoms with Gasteiger partial charge in [-0.15, -0.1) is 0 Å². The van der Waals surface area contributed by atoms with E-state index in [9.17, 15) is 4.79 Å². The van der Waals surface area contributed by atoms with Crippen molar-refractivity contribution in [2.24, 2.45) is 0 Å². The lowest BCUT2D eigenvalue weighted by Crippen LogP contribution is -2.28. The zero-order valence-corrected chi connectivity index (χ0v) is 5.93.